The molecule has 0 aromatic heterocycles. The molecule has 0 saturated heterocycles. The van der Waals surface area contributed by atoms with E-state index >= 15 is 0 Å². The third-order valence-corrected chi connectivity index (χ3v) is 1.48. The van der Waals surface area contributed by atoms with Crippen molar-refractivity contribution in [3.05, 3.63) is 23.8 Å². The lowest BCUT2D eigenvalue weighted by Gasteiger charge is -2.02. The Bertz CT molecular complexity index is 248. The van der Waals surface area contributed by atoms with E-state index in [0.717, 1.165) is 12.1 Å². The Hall–Kier alpha value is -1.22. The van der Waals surface area contributed by atoms with Crippen molar-refractivity contribution in [1.29, 1.82) is 0 Å². The Morgan fingerprint density at radius 3 is 2.82 bits per heavy atom. The highest BCUT2D eigenvalue weighted by Crippen LogP contribution is 2.20. The summed E-state index contributed by atoms with van der Waals surface area (Å²) in [6, 6.07) is 5.24. The van der Waals surface area contributed by atoms with Crippen LogP contribution in [0.1, 0.15) is 5.56 Å². The molecule has 0 amide bonds. The minimum absolute atomic E-state index is 0.151. The summed E-state index contributed by atoms with van der Waals surface area (Å²) < 4.78 is 0. The summed E-state index contributed by atoms with van der Waals surface area (Å²) in [4.78, 5) is 0. The molecule has 60 valence electrons. The normalized spacial score (nSPS) is 9.91. The maximum absolute atomic E-state index is 9.17. The summed E-state index contributed by atoms with van der Waals surface area (Å²) in [6.07, 6.45) is 0. The van der Waals surface area contributed by atoms with Gasteiger partial charge >= 0.3 is 0 Å². The van der Waals surface area contributed by atoms with Gasteiger partial charge in [0.2, 0.25) is 0 Å². The van der Waals surface area contributed by atoms with Crippen LogP contribution >= 0.6 is 0 Å². The summed E-state index contributed by atoms with van der Waals surface area (Å²) in [5.41, 5.74) is 6.86. The second-order valence-electron chi connectivity index (χ2n) is 2.42. The number of nitrogens with one attached hydrogen (secondary N) is 1. The molecule has 0 aliphatic heterocycles. The minimum Gasteiger partial charge on any atom is -0.506 e. The molecule has 0 radical (unpaired) electrons. The highest BCUT2D eigenvalue weighted by atomic mass is 16.3. The predicted molar refractivity (Wildman–Crippen MR) is 45.3 cm³/mol. The lowest BCUT2D eigenvalue weighted by Crippen LogP contribution is -2.04. The first-order valence-electron chi connectivity index (χ1n) is 3.46. The van der Waals surface area contributed by atoms with Crippen LogP contribution in [-0.2, 0) is 6.54 Å². The van der Waals surface area contributed by atoms with E-state index in [0.29, 0.717) is 5.69 Å². The van der Waals surface area contributed by atoms with E-state index in [9.17, 15) is 5.11 Å². The molecule has 11 heavy (non-hydrogen) atoms. The third-order valence-electron chi connectivity index (χ3n) is 1.48. The van der Waals surface area contributed by atoms with E-state index in [1.54, 1.807) is 12.1 Å². The van der Waals surface area contributed by atoms with Gasteiger partial charge in [-0.25, -0.2) is 0 Å². The average molecular weight is 152 g/mol. The van der Waals surface area contributed by atoms with E-state index in [1.165, 1.54) is 0 Å². The number of phenolic OH excluding ortho intramolecular Hbond substituents is 1. The molecule has 0 atom stereocenters. The highest BCUT2D eigenvalue weighted by molar-refractivity contribution is 5.52. The molecule has 0 bridgehead atoms. The lowest BCUT2D eigenvalue weighted by molar-refractivity contribution is 0.477. The van der Waals surface area contributed by atoms with Crippen LogP contribution in [0, 0.1) is 0 Å². The topological polar surface area (TPSA) is 58.3 Å². The van der Waals surface area contributed by atoms with Gasteiger partial charge in [0, 0.05) is 6.54 Å². The second kappa shape index (κ2) is 3.25. The number of rotatable bonds is 2. The fourth-order valence-corrected chi connectivity index (χ4v) is 0.903. The van der Waals surface area contributed by atoms with Gasteiger partial charge in [-0.15, -0.1) is 0 Å². The van der Waals surface area contributed by atoms with Gasteiger partial charge in [-0.2, -0.15) is 0 Å². The summed E-state index contributed by atoms with van der Waals surface area (Å²) in [5.74, 6) is 0.151. The Morgan fingerprint density at radius 2 is 2.27 bits per heavy atom. The molecule has 0 saturated carbocycles. The molecule has 1 rings (SSSR count). The largest absolute Gasteiger partial charge is 0.506 e. The lowest BCUT2D eigenvalue weighted by atomic mass is 10.2. The average Bonchev–Trinajstić information content (AvgIpc) is 1.98. The quantitative estimate of drug-likeness (QED) is 0.431. The molecule has 3 nitrogen and oxygen atoms in total. The van der Waals surface area contributed by atoms with Gasteiger partial charge in [-0.05, 0) is 24.7 Å². The Labute approximate surface area is 65.8 Å². The van der Waals surface area contributed by atoms with Crippen LogP contribution in [0.4, 0.5) is 5.69 Å². The van der Waals surface area contributed by atoms with Gasteiger partial charge in [-0.1, -0.05) is 6.07 Å². The van der Waals surface area contributed by atoms with Gasteiger partial charge in [0.05, 0.1) is 5.69 Å². The number of nitrogens with two attached hydrogens (primary N) is 1. The van der Waals surface area contributed by atoms with Gasteiger partial charge in [0.25, 0.3) is 0 Å². The van der Waals surface area contributed by atoms with Crippen molar-refractivity contribution in [3.63, 3.8) is 0 Å². The monoisotopic (exact) mass is 152 g/mol. The van der Waals surface area contributed by atoms with Crippen LogP contribution < -0.4 is 11.1 Å². The van der Waals surface area contributed by atoms with Crippen molar-refractivity contribution < 1.29 is 5.11 Å². The second-order valence-corrected chi connectivity index (χ2v) is 2.42. The summed E-state index contributed by atoms with van der Waals surface area (Å²) in [5, 5.41) is 12.2. The van der Waals surface area contributed by atoms with Crippen molar-refractivity contribution in [1.82, 2.24) is 5.32 Å². The third kappa shape index (κ3) is 1.85. The van der Waals surface area contributed by atoms with Crippen LogP contribution in [-0.4, -0.2) is 12.2 Å². The van der Waals surface area contributed by atoms with Gasteiger partial charge in [0.1, 0.15) is 5.75 Å². The fourth-order valence-electron chi connectivity index (χ4n) is 0.903. The number of benzene rings is 1. The molecule has 0 fully saturated rings. The van der Waals surface area contributed by atoms with Gasteiger partial charge in [0.15, 0.2) is 0 Å². The molecule has 0 unspecified atom stereocenters. The molecule has 1 aromatic rings. The van der Waals surface area contributed by atoms with Crippen molar-refractivity contribution >= 4 is 5.69 Å². The van der Waals surface area contributed by atoms with E-state index < -0.39 is 0 Å². The zero-order valence-electron chi connectivity index (χ0n) is 6.46. The van der Waals surface area contributed by atoms with E-state index in [4.69, 9.17) is 5.73 Å². The first-order valence-corrected chi connectivity index (χ1v) is 3.46. The van der Waals surface area contributed by atoms with Gasteiger partial charge in [-0.3, -0.25) is 0 Å². The summed E-state index contributed by atoms with van der Waals surface area (Å²) in [6.45, 7) is 0.744. The molecule has 0 heterocycles. The molecule has 0 spiro atoms. The smallest absolute Gasteiger partial charge is 0.138 e. The maximum Gasteiger partial charge on any atom is 0.138 e. The highest BCUT2D eigenvalue weighted by Gasteiger charge is 1.96. The summed E-state index contributed by atoms with van der Waals surface area (Å²) in [7, 11) is 1.85. The molecule has 1 aromatic carbocycles. The van der Waals surface area contributed by atoms with Crippen molar-refractivity contribution in [3.8, 4) is 5.75 Å². The fraction of sp³-hybridized carbons (Fsp3) is 0.250. The zero-order chi connectivity index (χ0) is 8.27. The van der Waals surface area contributed by atoms with E-state index in [-0.39, 0.29) is 5.75 Å². The molecule has 3 heteroatoms. The van der Waals surface area contributed by atoms with Crippen LogP contribution in [0.15, 0.2) is 18.2 Å². The summed E-state index contributed by atoms with van der Waals surface area (Å²) >= 11 is 0. The first-order chi connectivity index (χ1) is 5.24. The van der Waals surface area contributed by atoms with Crippen LogP contribution in [0.5, 0.6) is 5.75 Å². The van der Waals surface area contributed by atoms with Crippen molar-refractivity contribution in [2.24, 2.45) is 0 Å². The van der Waals surface area contributed by atoms with E-state index in [2.05, 4.69) is 5.32 Å². The number of aromatic hydroxyl groups is 1. The SMILES string of the molecule is CNCc1ccc(N)c(O)c1. The number of nitrogen functional groups attached to an aromatic ring is 1. The maximum atomic E-state index is 9.17. The molecular weight excluding hydrogens is 140 g/mol. The number of hydrogen-bond donors (Lipinski definition) is 3. The standard InChI is InChI=1S/C8H12N2O/c1-10-5-6-2-3-7(9)8(11)4-6/h2-4,10-11H,5,9H2,1H3. The minimum atomic E-state index is 0.151. The zero-order valence-corrected chi connectivity index (χ0v) is 6.46. The molecule has 0 aliphatic rings. The molecular formula is C8H12N2O. The first kappa shape index (κ1) is 7.88. The van der Waals surface area contributed by atoms with E-state index in [1.807, 2.05) is 13.1 Å². The molecule has 0 aliphatic carbocycles. The number of hydrogen-bond acceptors (Lipinski definition) is 3. The molecule has 4 N–H and O–H groups in total. The Balaban J connectivity index is 2.86. The van der Waals surface area contributed by atoms with Gasteiger partial charge < -0.3 is 16.2 Å². The Morgan fingerprint density at radius 1 is 1.55 bits per heavy atom. The number of anilines is 1. The van der Waals surface area contributed by atoms with Crippen LogP contribution in [0.3, 0.4) is 0 Å². The number of phenols is 1. The van der Waals surface area contributed by atoms with Crippen molar-refractivity contribution in [2.75, 3.05) is 12.8 Å². The predicted octanol–water partition coefficient (Wildman–Crippen LogP) is 0.694. The Kier molecular flexibility index (Phi) is 2.33. The van der Waals surface area contributed by atoms with Crippen LogP contribution in [0.25, 0.3) is 0 Å². The van der Waals surface area contributed by atoms with Crippen LogP contribution in [0.2, 0.25) is 0 Å². The van der Waals surface area contributed by atoms with Crippen molar-refractivity contribution in [2.45, 2.75) is 6.54 Å².